The fraction of sp³-hybridized carbons (Fsp3) is 0.353. The molecule has 148 valence electrons. The molecule has 5 N–H and O–H groups in total. The molecule has 0 radical (unpaired) electrons. The van der Waals surface area contributed by atoms with Crippen LogP contribution in [0.2, 0.25) is 0 Å². The number of rotatable bonds is 4. The highest BCUT2D eigenvalue weighted by atomic mass is 32.2. The molecule has 2 aromatic heterocycles. The fourth-order valence-electron chi connectivity index (χ4n) is 3.41. The molecule has 0 aliphatic carbocycles. The number of anilines is 2. The van der Waals surface area contributed by atoms with E-state index in [1.165, 1.54) is 4.31 Å². The molecular formula is C17H21N7O3S. The lowest BCUT2D eigenvalue weighted by atomic mass is 9.97. The average molecular weight is 403 g/mol. The van der Waals surface area contributed by atoms with E-state index in [0.29, 0.717) is 42.8 Å². The molecule has 1 aliphatic rings. The van der Waals surface area contributed by atoms with Crippen molar-refractivity contribution in [3.63, 3.8) is 0 Å². The standard InChI is InChI=1S/C17H21N7O3S/c1-27-11-2-4-12(5-3-11)28(25,26)24-8-6-10(7-9-24)15-20-13-14(18)21-17(19)23-16(13)22-15/h2-5,10H,6-9H2,1H3,(H5,18,19,20,21,22,23). The van der Waals surface area contributed by atoms with Gasteiger partial charge < -0.3 is 21.2 Å². The molecule has 0 saturated carbocycles. The minimum Gasteiger partial charge on any atom is -0.497 e. The maximum atomic E-state index is 12.9. The summed E-state index contributed by atoms with van der Waals surface area (Å²) in [4.78, 5) is 15.9. The van der Waals surface area contributed by atoms with E-state index in [0.717, 1.165) is 5.82 Å². The molecule has 0 unspecified atom stereocenters. The Balaban J connectivity index is 1.50. The molecular weight excluding hydrogens is 382 g/mol. The predicted octanol–water partition coefficient (Wildman–Crippen LogP) is 1.09. The first kappa shape index (κ1) is 18.4. The first-order valence-corrected chi connectivity index (χ1v) is 10.3. The Labute approximate surface area is 162 Å². The zero-order valence-electron chi connectivity index (χ0n) is 15.3. The number of nitrogens with zero attached hydrogens (tertiary/aromatic N) is 4. The number of piperidine rings is 1. The summed E-state index contributed by atoms with van der Waals surface area (Å²) in [7, 11) is -2.00. The number of hydrogen-bond acceptors (Lipinski definition) is 8. The fourth-order valence-corrected chi connectivity index (χ4v) is 4.88. The summed E-state index contributed by atoms with van der Waals surface area (Å²) < 4.78 is 32.3. The van der Waals surface area contributed by atoms with E-state index >= 15 is 0 Å². The van der Waals surface area contributed by atoms with Gasteiger partial charge in [0.15, 0.2) is 11.5 Å². The number of nitrogens with two attached hydrogens (primary N) is 2. The molecule has 1 aliphatic heterocycles. The zero-order valence-corrected chi connectivity index (χ0v) is 16.1. The van der Waals surface area contributed by atoms with Gasteiger partial charge in [-0.25, -0.2) is 13.4 Å². The Morgan fingerprint density at radius 3 is 2.43 bits per heavy atom. The summed E-state index contributed by atoms with van der Waals surface area (Å²) in [6.45, 7) is 0.804. The Kier molecular flexibility index (Phi) is 4.55. The number of aromatic amines is 1. The third-order valence-electron chi connectivity index (χ3n) is 4.95. The number of nitrogen functional groups attached to an aromatic ring is 2. The lowest BCUT2D eigenvalue weighted by Gasteiger charge is -2.30. The summed E-state index contributed by atoms with van der Waals surface area (Å²) >= 11 is 0. The van der Waals surface area contributed by atoms with E-state index < -0.39 is 10.0 Å². The average Bonchev–Trinajstić information content (AvgIpc) is 3.12. The highest BCUT2D eigenvalue weighted by molar-refractivity contribution is 7.89. The van der Waals surface area contributed by atoms with Gasteiger partial charge in [-0.05, 0) is 37.1 Å². The summed E-state index contributed by atoms with van der Waals surface area (Å²) in [5, 5.41) is 0. The molecule has 1 aromatic carbocycles. The van der Waals surface area contributed by atoms with Crippen molar-refractivity contribution >= 4 is 33.0 Å². The predicted molar refractivity (Wildman–Crippen MR) is 104 cm³/mol. The molecule has 1 fully saturated rings. The van der Waals surface area contributed by atoms with E-state index in [2.05, 4.69) is 19.9 Å². The van der Waals surface area contributed by atoms with E-state index in [1.807, 2.05) is 0 Å². The first-order chi connectivity index (χ1) is 13.4. The highest BCUT2D eigenvalue weighted by Crippen LogP contribution is 2.31. The lowest BCUT2D eigenvalue weighted by Crippen LogP contribution is -2.38. The molecule has 11 heteroatoms. The van der Waals surface area contributed by atoms with E-state index in [9.17, 15) is 8.42 Å². The van der Waals surface area contributed by atoms with Crippen molar-refractivity contribution in [1.29, 1.82) is 0 Å². The van der Waals surface area contributed by atoms with Gasteiger partial charge in [0, 0.05) is 19.0 Å². The molecule has 28 heavy (non-hydrogen) atoms. The maximum Gasteiger partial charge on any atom is 0.243 e. The number of ether oxygens (including phenoxy) is 1. The van der Waals surface area contributed by atoms with Gasteiger partial charge in [-0.15, -0.1) is 0 Å². The number of nitrogens with one attached hydrogen (secondary N) is 1. The van der Waals surface area contributed by atoms with Gasteiger partial charge in [-0.1, -0.05) is 0 Å². The monoisotopic (exact) mass is 403 g/mol. The van der Waals surface area contributed by atoms with Crippen LogP contribution in [0.1, 0.15) is 24.6 Å². The van der Waals surface area contributed by atoms with Crippen LogP contribution in [0.25, 0.3) is 11.2 Å². The Morgan fingerprint density at radius 1 is 1.11 bits per heavy atom. The van der Waals surface area contributed by atoms with Crippen LogP contribution >= 0.6 is 0 Å². The van der Waals surface area contributed by atoms with Crippen LogP contribution in [0.15, 0.2) is 29.2 Å². The third-order valence-corrected chi connectivity index (χ3v) is 6.87. The van der Waals surface area contributed by atoms with Gasteiger partial charge in [0.2, 0.25) is 16.0 Å². The van der Waals surface area contributed by atoms with Gasteiger partial charge in [-0.2, -0.15) is 14.3 Å². The molecule has 1 saturated heterocycles. The second-order valence-electron chi connectivity index (χ2n) is 6.64. The topological polar surface area (TPSA) is 153 Å². The van der Waals surface area contributed by atoms with Gasteiger partial charge in [0.25, 0.3) is 0 Å². The summed E-state index contributed by atoms with van der Waals surface area (Å²) in [5.74, 6) is 1.75. The van der Waals surface area contributed by atoms with Crippen molar-refractivity contribution < 1.29 is 13.2 Å². The largest absolute Gasteiger partial charge is 0.497 e. The van der Waals surface area contributed by atoms with Crippen LogP contribution in [0.4, 0.5) is 11.8 Å². The molecule has 3 aromatic rings. The minimum atomic E-state index is -3.54. The Hall–Kier alpha value is -2.92. The molecule has 0 amide bonds. The number of benzene rings is 1. The Morgan fingerprint density at radius 2 is 1.79 bits per heavy atom. The van der Waals surface area contributed by atoms with Gasteiger partial charge in [0.05, 0.1) is 12.0 Å². The van der Waals surface area contributed by atoms with Crippen LogP contribution in [-0.4, -0.2) is 52.9 Å². The summed E-state index contributed by atoms with van der Waals surface area (Å²) in [6.07, 6.45) is 1.27. The lowest BCUT2D eigenvalue weighted by molar-refractivity contribution is 0.314. The van der Waals surface area contributed by atoms with Crippen molar-refractivity contribution in [3.05, 3.63) is 30.1 Å². The molecule has 0 bridgehead atoms. The van der Waals surface area contributed by atoms with Crippen LogP contribution in [-0.2, 0) is 10.0 Å². The summed E-state index contributed by atoms with van der Waals surface area (Å²) in [5.41, 5.74) is 12.5. The van der Waals surface area contributed by atoms with Crippen molar-refractivity contribution in [2.24, 2.45) is 0 Å². The van der Waals surface area contributed by atoms with Crippen LogP contribution in [0.3, 0.4) is 0 Å². The second kappa shape index (κ2) is 6.91. The SMILES string of the molecule is COc1ccc(S(=O)(=O)N2CCC(c3nc4nc(N)nc(N)c4[nH]3)CC2)cc1. The highest BCUT2D eigenvalue weighted by Gasteiger charge is 2.31. The number of sulfonamides is 1. The van der Waals surface area contributed by atoms with E-state index in [-0.39, 0.29) is 22.6 Å². The number of aromatic nitrogens is 4. The summed E-state index contributed by atoms with van der Waals surface area (Å²) in [6, 6.07) is 6.41. The number of fused-ring (bicyclic) bond motifs is 1. The van der Waals surface area contributed by atoms with Crippen molar-refractivity contribution in [2.75, 3.05) is 31.7 Å². The normalized spacial score (nSPS) is 16.5. The molecule has 3 heterocycles. The first-order valence-electron chi connectivity index (χ1n) is 8.81. The van der Waals surface area contributed by atoms with Crippen LogP contribution < -0.4 is 16.2 Å². The minimum absolute atomic E-state index is 0.0726. The molecule has 0 atom stereocenters. The molecule has 4 rings (SSSR count). The van der Waals surface area contributed by atoms with Gasteiger partial charge >= 0.3 is 0 Å². The van der Waals surface area contributed by atoms with Gasteiger partial charge in [0.1, 0.15) is 17.1 Å². The number of imidazole rings is 1. The number of hydrogen-bond donors (Lipinski definition) is 3. The molecule has 10 nitrogen and oxygen atoms in total. The third kappa shape index (κ3) is 3.22. The Bertz CT molecular complexity index is 1100. The maximum absolute atomic E-state index is 12.9. The number of methoxy groups -OCH3 is 1. The second-order valence-corrected chi connectivity index (χ2v) is 8.58. The quantitative estimate of drug-likeness (QED) is 0.585. The zero-order chi connectivity index (χ0) is 19.9. The van der Waals surface area contributed by atoms with Gasteiger partial charge in [-0.3, -0.25) is 0 Å². The smallest absolute Gasteiger partial charge is 0.243 e. The van der Waals surface area contributed by atoms with E-state index in [4.69, 9.17) is 16.2 Å². The van der Waals surface area contributed by atoms with E-state index in [1.54, 1.807) is 31.4 Å². The van der Waals surface area contributed by atoms with Crippen LogP contribution in [0.5, 0.6) is 5.75 Å². The molecule has 0 spiro atoms. The van der Waals surface area contributed by atoms with Crippen molar-refractivity contribution in [2.45, 2.75) is 23.7 Å². The van der Waals surface area contributed by atoms with Crippen molar-refractivity contribution in [1.82, 2.24) is 24.2 Å². The number of H-pyrrole nitrogens is 1. The van der Waals surface area contributed by atoms with Crippen molar-refractivity contribution in [3.8, 4) is 5.75 Å². The van der Waals surface area contributed by atoms with Crippen LogP contribution in [0, 0.1) is 0 Å².